The molecule has 30 heavy (non-hydrogen) atoms. The molecule has 0 aliphatic heterocycles. The minimum atomic E-state index is -3.72. The fourth-order valence-corrected chi connectivity index (χ4v) is 4.82. The van der Waals surface area contributed by atoms with Gasteiger partial charge in [0.1, 0.15) is 0 Å². The molecule has 0 radical (unpaired) electrons. The number of amides is 1. The molecule has 10 heteroatoms. The maximum Gasteiger partial charge on any atom is 0.305 e. The van der Waals surface area contributed by atoms with Gasteiger partial charge in [0.15, 0.2) is 5.69 Å². The Balaban J connectivity index is 2.32. The Labute approximate surface area is 176 Å². The molecule has 0 spiro atoms. The van der Waals surface area contributed by atoms with Gasteiger partial charge in [-0.25, -0.2) is 8.42 Å². The maximum atomic E-state index is 12.9. The highest BCUT2D eigenvalue weighted by Crippen LogP contribution is 2.24. The highest BCUT2D eigenvalue weighted by Gasteiger charge is 2.27. The Bertz CT molecular complexity index is 1040. The van der Waals surface area contributed by atoms with Crippen molar-refractivity contribution in [3.05, 3.63) is 47.3 Å². The average molecular weight is 437 g/mol. The molecule has 3 N–H and O–H groups in total. The van der Waals surface area contributed by atoms with Gasteiger partial charge in [0.2, 0.25) is 10.0 Å². The van der Waals surface area contributed by atoms with Crippen LogP contribution in [-0.2, 0) is 21.9 Å². The van der Waals surface area contributed by atoms with E-state index in [0.29, 0.717) is 5.56 Å². The summed E-state index contributed by atoms with van der Waals surface area (Å²) in [4.78, 5) is 24.3. The summed E-state index contributed by atoms with van der Waals surface area (Å²) in [5, 5.41) is 16.0. The molecule has 9 nitrogen and oxygen atoms in total. The van der Waals surface area contributed by atoms with Crippen LogP contribution in [0.15, 0.2) is 30.5 Å². The molecule has 1 aromatic carbocycles. The monoisotopic (exact) mass is 436 g/mol. The van der Waals surface area contributed by atoms with Crippen LogP contribution in [0.1, 0.15) is 54.8 Å². The number of aromatic nitrogens is 2. The number of aliphatic carboxylic acids is 1. The van der Waals surface area contributed by atoms with Crippen molar-refractivity contribution in [1.82, 2.24) is 15.1 Å². The molecule has 0 aliphatic rings. The van der Waals surface area contributed by atoms with Gasteiger partial charge in [-0.15, -0.1) is 0 Å². The first-order chi connectivity index (χ1) is 13.8. The third-order valence-electron chi connectivity index (χ3n) is 4.18. The predicted octanol–water partition coefficient (Wildman–Crippen LogP) is 2.46. The zero-order chi connectivity index (χ0) is 22.7. The van der Waals surface area contributed by atoms with Gasteiger partial charge >= 0.3 is 5.97 Å². The van der Waals surface area contributed by atoms with E-state index in [1.165, 1.54) is 10.9 Å². The van der Waals surface area contributed by atoms with Gasteiger partial charge < -0.3 is 10.4 Å². The number of sulfonamides is 1. The van der Waals surface area contributed by atoms with Crippen LogP contribution in [0.5, 0.6) is 0 Å². The standard InChI is InChI=1S/C20H28N4O5S/c1-13-8-6-7-9-14(13)15(10-17(25)26)21-19(27)18-16(11-24(5)22-18)23-30(28,29)12-20(2,3)4/h6-9,11,15,23H,10,12H2,1-5H3,(H,21,27)(H,25,26)/t15-/m0/s1. The van der Waals surface area contributed by atoms with E-state index in [2.05, 4.69) is 15.1 Å². The SMILES string of the molecule is Cc1ccccc1[C@H](CC(=O)O)NC(=O)c1nn(C)cc1NS(=O)(=O)CC(C)(C)C. The first kappa shape index (κ1) is 23.4. The summed E-state index contributed by atoms with van der Waals surface area (Å²) in [7, 11) is -2.15. The van der Waals surface area contributed by atoms with Crippen LogP contribution in [0.2, 0.25) is 0 Å². The van der Waals surface area contributed by atoms with Crippen molar-refractivity contribution >= 4 is 27.6 Å². The van der Waals surface area contributed by atoms with Gasteiger partial charge in [0, 0.05) is 13.2 Å². The molecule has 0 fully saturated rings. The number of carbonyl (C=O) groups excluding carboxylic acids is 1. The summed E-state index contributed by atoms with van der Waals surface area (Å²) in [6.45, 7) is 7.20. The number of anilines is 1. The molecule has 2 rings (SSSR count). The Kier molecular flexibility index (Phi) is 6.91. The summed E-state index contributed by atoms with van der Waals surface area (Å²) in [5.74, 6) is -1.88. The van der Waals surface area contributed by atoms with E-state index in [9.17, 15) is 23.1 Å². The topological polar surface area (TPSA) is 130 Å². The molecule has 0 saturated heterocycles. The van der Waals surface area contributed by atoms with Crippen molar-refractivity contribution in [2.45, 2.75) is 40.2 Å². The van der Waals surface area contributed by atoms with Gasteiger partial charge in [-0.05, 0) is 23.5 Å². The van der Waals surface area contributed by atoms with Crippen LogP contribution in [0.3, 0.4) is 0 Å². The normalized spacial score (nSPS) is 13.0. The lowest BCUT2D eigenvalue weighted by Gasteiger charge is -2.20. The zero-order valence-electron chi connectivity index (χ0n) is 17.8. The second-order valence-corrected chi connectivity index (χ2v) is 10.2. The fourth-order valence-electron chi connectivity index (χ4n) is 3.12. The van der Waals surface area contributed by atoms with Crippen molar-refractivity contribution in [3.8, 4) is 0 Å². The number of carboxylic acids is 1. The molecule has 0 aliphatic carbocycles. The Hall–Kier alpha value is -2.88. The number of rotatable bonds is 8. The van der Waals surface area contributed by atoms with Crippen molar-refractivity contribution in [2.24, 2.45) is 12.5 Å². The number of aryl methyl sites for hydroxylation is 2. The molecule has 1 aromatic heterocycles. The van der Waals surface area contributed by atoms with Crippen LogP contribution < -0.4 is 10.0 Å². The van der Waals surface area contributed by atoms with E-state index < -0.39 is 33.4 Å². The number of hydrogen-bond acceptors (Lipinski definition) is 5. The maximum absolute atomic E-state index is 12.9. The average Bonchev–Trinajstić information content (AvgIpc) is 2.91. The lowest BCUT2D eigenvalue weighted by atomic mass is 9.98. The van der Waals surface area contributed by atoms with E-state index >= 15 is 0 Å². The smallest absolute Gasteiger partial charge is 0.305 e. The summed E-state index contributed by atoms with van der Waals surface area (Å²) in [5.41, 5.74) is 0.931. The van der Waals surface area contributed by atoms with E-state index in [1.54, 1.807) is 40.0 Å². The van der Waals surface area contributed by atoms with Gasteiger partial charge in [-0.2, -0.15) is 5.10 Å². The molecular weight excluding hydrogens is 408 g/mol. The first-order valence-electron chi connectivity index (χ1n) is 9.40. The third-order valence-corrected chi connectivity index (χ3v) is 5.96. The summed E-state index contributed by atoms with van der Waals surface area (Å²) in [6, 6.07) is 6.35. The largest absolute Gasteiger partial charge is 0.481 e. The molecule has 2 aromatic rings. The quantitative estimate of drug-likeness (QED) is 0.583. The first-order valence-corrected chi connectivity index (χ1v) is 11.0. The molecule has 1 amide bonds. The van der Waals surface area contributed by atoms with Gasteiger partial charge in [0.05, 0.1) is 23.9 Å². The molecule has 1 heterocycles. The van der Waals surface area contributed by atoms with Crippen LogP contribution >= 0.6 is 0 Å². The van der Waals surface area contributed by atoms with Crippen molar-refractivity contribution in [2.75, 3.05) is 10.5 Å². The number of nitrogens with one attached hydrogen (secondary N) is 2. The summed E-state index contributed by atoms with van der Waals surface area (Å²) >= 11 is 0. The van der Waals surface area contributed by atoms with Crippen LogP contribution in [0.25, 0.3) is 0 Å². The number of carboxylic acid groups (broad SMARTS) is 1. The molecule has 1 atom stereocenters. The second kappa shape index (κ2) is 8.86. The predicted molar refractivity (Wildman–Crippen MR) is 114 cm³/mol. The van der Waals surface area contributed by atoms with Crippen molar-refractivity contribution in [3.63, 3.8) is 0 Å². The highest BCUT2D eigenvalue weighted by atomic mass is 32.2. The van der Waals surface area contributed by atoms with E-state index in [-0.39, 0.29) is 23.6 Å². The lowest BCUT2D eigenvalue weighted by Crippen LogP contribution is -2.32. The number of hydrogen-bond donors (Lipinski definition) is 3. The lowest BCUT2D eigenvalue weighted by molar-refractivity contribution is -0.137. The van der Waals surface area contributed by atoms with E-state index in [0.717, 1.165) is 5.56 Å². The molecule has 164 valence electrons. The fraction of sp³-hybridized carbons (Fsp3) is 0.450. The van der Waals surface area contributed by atoms with Crippen molar-refractivity contribution < 1.29 is 23.1 Å². The van der Waals surface area contributed by atoms with E-state index in [4.69, 9.17) is 0 Å². The molecule has 0 unspecified atom stereocenters. The molecule has 0 bridgehead atoms. The van der Waals surface area contributed by atoms with E-state index in [1.807, 2.05) is 19.1 Å². The number of nitrogens with zero attached hydrogens (tertiary/aromatic N) is 2. The van der Waals surface area contributed by atoms with Crippen molar-refractivity contribution in [1.29, 1.82) is 0 Å². The number of carbonyl (C=O) groups is 2. The Morgan fingerprint density at radius 2 is 1.87 bits per heavy atom. The van der Waals surface area contributed by atoms with Crippen LogP contribution in [0.4, 0.5) is 5.69 Å². The summed E-state index contributed by atoms with van der Waals surface area (Å²) < 4.78 is 28.7. The van der Waals surface area contributed by atoms with Gasteiger partial charge in [-0.1, -0.05) is 45.0 Å². The molecule has 0 saturated carbocycles. The van der Waals surface area contributed by atoms with Crippen LogP contribution in [-0.4, -0.2) is 40.9 Å². The zero-order valence-corrected chi connectivity index (χ0v) is 18.6. The minimum Gasteiger partial charge on any atom is -0.481 e. The minimum absolute atomic E-state index is 0.0399. The Morgan fingerprint density at radius 1 is 1.23 bits per heavy atom. The third kappa shape index (κ3) is 6.58. The van der Waals surface area contributed by atoms with Crippen LogP contribution in [0, 0.1) is 12.3 Å². The highest BCUT2D eigenvalue weighted by molar-refractivity contribution is 7.92. The number of benzene rings is 1. The molecular formula is C20H28N4O5S. The second-order valence-electron chi connectivity index (χ2n) is 8.47. The summed E-state index contributed by atoms with van der Waals surface area (Å²) in [6.07, 6.45) is 1.07. The van der Waals surface area contributed by atoms with Gasteiger partial charge in [0.25, 0.3) is 5.91 Å². The van der Waals surface area contributed by atoms with Gasteiger partial charge in [-0.3, -0.25) is 19.0 Å². The Morgan fingerprint density at radius 3 is 2.43 bits per heavy atom.